The van der Waals surface area contributed by atoms with Crippen LogP contribution in [0.3, 0.4) is 0 Å². The average Bonchev–Trinajstić information content (AvgIpc) is 1.59. The van der Waals surface area contributed by atoms with Crippen LogP contribution in [0.25, 0.3) is 44.1 Å². The van der Waals surface area contributed by atoms with Crippen molar-refractivity contribution in [1.82, 2.24) is 63.5 Å². The van der Waals surface area contributed by atoms with Crippen molar-refractivity contribution in [1.29, 1.82) is 0 Å². The lowest BCUT2D eigenvalue weighted by atomic mass is 10.0. The van der Waals surface area contributed by atoms with Gasteiger partial charge >= 0.3 is 11.9 Å². The molecule has 576 valence electrons. The van der Waals surface area contributed by atoms with E-state index >= 15 is 0 Å². The second kappa shape index (κ2) is 31.8. The first-order valence-corrected chi connectivity index (χ1v) is 32.7. The molecule has 18 atom stereocenters. The third kappa shape index (κ3) is 16.3. The summed E-state index contributed by atoms with van der Waals surface area (Å²) in [6.07, 6.45) is -6.88. The molecule has 0 radical (unpaired) electrons. The molecule has 14 heterocycles. The maximum Gasteiger partial charge on any atom is 0.328 e. The van der Waals surface area contributed by atoms with Crippen molar-refractivity contribution in [2.75, 3.05) is 49.4 Å². The maximum absolute atomic E-state index is 12.6. The third-order valence-electron chi connectivity index (χ3n) is 17.8. The van der Waals surface area contributed by atoms with E-state index in [2.05, 4.69) is 45.2 Å². The molecular formula is C62H86Cl2N18O23. The number of rotatable bonds is 15. The second-order valence-corrected chi connectivity index (χ2v) is 26.8. The average molecular weight is 1520 g/mol. The van der Waals surface area contributed by atoms with Gasteiger partial charge in [-0.15, -0.1) is 24.8 Å². The number of hydrogen-bond donors (Lipinski definition) is 16. The number of aliphatic hydroxyl groups is 6. The highest BCUT2D eigenvalue weighted by atomic mass is 35.5. The standard InChI is InChI=1S/C21H29N5O7.C16H23N5O6.C14H18N4O5.C11H14N4O5.2ClH/c1-9(2)13(23-10(3)27)19(29)30-8-12-14-15(33-21(4,5)32-14)18(31-12)26-7-6-11-16(26)24-20(22)25-17(11)28;1-6(2)9(17)15(25)26-5-8-10(22)11(23)14(27-8)21-4-3-7-12(21)19-16(18)20-13(7)24;1-14(2)22-8-7(5-19)21-12(9(8)23-14)18-4-3-6-10(18)16-13(15)17-11(6)20;12-11-13-8-4(9(19)14-11)1-2-15(8)10-7(18)6(17)5(3-16)20-10;;/h6-7,9,12-15,18H,8H2,1-5H3,(H,23,27)(H3,22,24,25,28);3-4,6,8-11,14,22-23H,5,17H2,1-2H3,(H3,18,19,20,24);3-4,7-9,12,19H,5H2,1-2H3,(H3,15,16,17,20);1-2,5-7,10,16-18H,3H2,(H3,12,13,14,19);2*1H/t12-,13+,14-,15?,18-;8-,9+,10-,11-,14-;7-,8-,9?,12-;5-,6-,7-,10-;;/m1111../s1. The number of nitrogens with zero attached hydrogens (tertiary/aromatic N) is 8. The van der Waals surface area contributed by atoms with Crippen LogP contribution in [0.4, 0.5) is 23.8 Å². The van der Waals surface area contributed by atoms with Gasteiger partial charge in [-0.3, -0.25) is 48.7 Å². The van der Waals surface area contributed by atoms with Gasteiger partial charge in [0.15, 0.2) is 59.1 Å². The molecule has 21 N–H and O–H groups in total. The quantitative estimate of drug-likeness (QED) is 0.0467. The summed E-state index contributed by atoms with van der Waals surface area (Å²) in [6.45, 7) is 14.7. The monoisotopic (exact) mass is 1520 g/mol. The molecule has 8 aromatic heterocycles. The Hall–Kier alpha value is -8.73. The molecule has 105 heavy (non-hydrogen) atoms. The number of nitrogens with one attached hydrogen (secondary N) is 5. The van der Waals surface area contributed by atoms with Crippen LogP contribution in [0.2, 0.25) is 0 Å². The largest absolute Gasteiger partial charge is 0.462 e. The number of anilines is 4. The summed E-state index contributed by atoms with van der Waals surface area (Å²) in [7, 11) is 0. The molecule has 2 unspecified atom stereocenters. The van der Waals surface area contributed by atoms with Crippen molar-refractivity contribution >= 4 is 111 Å². The van der Waals surface area contributed by atoms with Crippen LogP contribution in [0.1, 0.15) is 87.2 Å². The number of amides is 1. The fourth-order valence-electron chi connectivity index (χ4n) is 12.8. The zero-order valence-electron chi connectivity index (χ0n) is 57.9. The lowest BCUT2D eigenvalue weighted by Gasteiger charge is -2.25. The second-order valence-electron chi connectivity index (χ2n) is 26.8. The lowest BCUT2D eigenvalue weighted by Crippen LogP contribution is -2.45. The minimum Gasteiger partial charge on any atom is -0.462 e. The SMILES string of the molecule is CC(=O)N[C@H](C(=O)OC[C@H]1O[C@@H](n2ccc3c(=O)[nH]c(N)nc32)C2OC(C)(C)O[C@@H]21)C(C)C.CC(C)[C@H](N)C(=O)OC[C@H]1O[C@@H](n2ccc3c(=O)[nH]c(N)nc32)[C@H](O)[C@@H]1O.CC1(C)OC2[C@H](n3ccc4c(=O)[nH]c(N)nc43)O[C@H](CO)[C@H]2O1.Cl.Cl.Nc1nc2c(ccn2[C@@H]2O[C@H](CO)[C@@H](O)[C@H]2O)c(=O)[nH]1. The van der Waals surface area contributed by atoms with Gasteiger partial charge in [-0.1, -0.05) is 27.7 Å². The first-order valence-electron chi connectivity index (χ1n) is 32.7. The van der Waals surface area contributed by atoms with E-state index in [1.807, 2.05) is 27.7 Å². The summed E-state index contributed by atoms with van der Waals surface area (Å²) in [4.78, 5) is 110. The van der Waals surface area contributed by atoms with Gasteiger partial charge in [-0.05, 0) is 63.8 Å². The van der Waals surface area contributed by atoms with E-state index in [-0.39, 0.29) is 119 Å². The number of carbonyl (C=O) groups is 3. The van der Waals surface area contributed by atoms with Gasteiger partial charge in [0.25, 0.3) is 22.2 Å². The Labute approximate surface area is 605 Å². The predicted molar refractivity (Wildman–Crippen MR) is 372 cm³/mol. The van der Waals surface area contributed by atoms with Gasteiger partial charge in [-0.2, -0.15) is 19.9 Å². The third-order valence-corrected chi connectivity index (χ3v) is 17.8. The number of esters is 2. The van der Waals surface area contributed by atoms with Gasteiger partial charge in [0, 0.05) is 31.7 Å². The highest BCUT2D eigenvalue weighted by Gasteiger charge is 2.58. The number of hydrogen-bond acceptors (Lipinski definition) is 32. The molecule has 1 amide bonds. The summed E-state index contributed by atoms with van der Waals surface area (Å²) in [5, 5.41) is 62.9. The Morgan fingerprint density at radius 1 is 0.495 bits per heavy atom. The van der Waals surface area contributed by atoms with Crippen LogP contribution < -0.4 is 56.2 Å². The first kappa shape index (κ1) is 80.4. The molecule has 14 rings (SSSR count). The number of halogens is 2. The van der Waals surface area contributed by atoms with Crippen LogP contribution in [0.5, 0.6) is 0 Å². The van der Waals surface area contributed by atoms with Crippen molar-refractivity contribution in [3.63, 3.8) is 0 Å². The number of ether oxygens (including phenoxy) is 10. The molecule has 0 aliphatic carbocycles. The van der Waals surface area contributed by atoms with Crippen LogP contribution in [0.15, 0.2) is 68.2 Å². The summed E-state index contributed by atoms with van der Waals surface area (Å²) in [6, 6.07) is 4.70. The normalized spacial score (nSPS) is 28.2. The van der Waals surface area contributed by atoms with Crippen LogP contribution >= 0.6 is 24.8 Å². The van der Waals surface area contributed by atoms with Crippen LogP contribution in [0, 0.1) is 11.8 Å². The van der Waals surface area contributed by atoms with Crippen molar-refractivity contribution in [2.24, 2.45) is 17.6 Å². The molecule has 6 fully saturated rings. The Bertz CT molecular complexity index is 4690. The van der Waals surface area contributed by atoms with Gasteiger partial charge in [0.1, 0.15) is 98.5 Å². The number of aromatic nitrogens is 12. The molecule has 0 bridgehead atoms. The number of aromatic amines is 4. The highest BCUT2D eigenvalue weighted by Crippen LogP contribution is 2.46. The lowest BCUT2D eigenvalue weighted by molar-refractivity contribution is -0.202. The summed E-state index contributed by atoms with van der Waals surface area (Å²) in [5.74, 6) is -3.56. The molecular weight excluding hydrogens is 1440 g/mol. The molecule has 43 heteroatoms. The summed E-state index contributed by atoms with van der Waals surface area (Å²) >= 11 is 0. The van der Waals surface area contributed by atoms with Crippen molar-refractivity contribution in [3.05, 3.63) is 90.5 Å². The Morgan fingerprint density at radius 3 is 1.16 bits per heavy atom. The number of H-pyrrole nitrogens is 4. The fourth-order valence-corrected chi connectivity index (χ4v) is 12.8. The molecule has 6 saturated heterocycles. The predicted octanol–water partition coefficient (Wildman–Crippen LogP) is -2.64. The molecule has 0 saturated carbocycles. The fraction of sp³-hybridized carbons (Fsp3) is 0.565. The van der Waals surface area contributed by atoms with Gasteiger partial charge in [-0.25, -0.2) is 4.79 Å². The van der Waals surface area contributed by atoms with Gasteiger partial charge in [0.05, 0.1) is 34.8 Å². The Kier molecular flexibility index (Phi) is 24.3. The minimum absolute atomic E-state index is 0. The summed E-state index contributed by atoms with van der Waals surface area (Å²) < 4.78 is 63.8. The van der Waals surface area contributed by atoms with Crippen molar-refractivity contribution < 1.29 is 92.4 Å². The smallest absolute Gasteiger partial charge is 0.328 e. The molecule has 6 aliphatic heterocycles. The number of aliphatic hydroxyl groups excluding tert-OH is 6. The minimum atomic E-state index is -1.33. The Morgan fingerprint density at radius 2 is 0.810 bits per heavy atom. The zero-order chi connectivity index (χ0) is 74.7. The van der Waals surface area contributed by atoms with Crippen LogP contribution in [-0.4, -0.2) is 230 Å². The van der Waals surface area contributed by atoms with Gasteiger partial charge < -0.3 is 130 Å². The van der Waals surface area contributed by atoms with E-state index in [1.54, 1.807) is 61.4 Å². The van der Waals surface area contributed by atoms with E-state index in [0.29, 0.717) is 22.1 Å². The zero-order valence-corrected chi connectivity index (χ0v) is 59.5. The Balaban J connectivity index is 0.000000164. The van der Waals surface area contributed by atoms with Gasteiger partial charge in [0.2, 0.25) is 29.7 Å². The molecule has 41 nitrogen and oxygen atoms in total. The number of carbonyl (C=O) groups excluding carboxylic acids is 3. The number of nitrogens with two attached hydrogens (primary N) is 5. The van der Waals surface area contributed by atoms with E-state index in [1.165, 1.54) is 40.6 Å². The number of nitrogen functional groups attached to an aromatic ring is 4. The van der Waals surface area contributed by atoms with Crippen molar-refractivity contribution in [3.8, 4) is 0 Å². The van der Waals surface area contributed by atoms with E-state index in [0.717, 1.165) is 0 Å². The topological polar surface area (TPSA) is 610 Å². The first-order chi connectivity index (χ1) is 48.6. The molecule has 0 aromatic carbocycles. The molecule has 0 spiro atoms. The van der Waals surface area contributed by atoms with Crippen LogP contribution in [-0.2, 0) is 61.8 Å². The maximum atomic E-state index is 12.6. The van der Waals surface area contributed by atoms with E-state index in [9.17, 15) is 59.1 Å². The van der Waals surface area contributed by atoms with E-state index in [4.69, 9.17) is 81.1 Å². The molecule has 8 aromatic rings. The number of fused-ring (bicyclic) bond motifs is 6. The summed E-state index contributed by atoms with van der Waals surface area (Å²) in [5.41, 5.74) is 27.8. The molecule has 6 aliphatic rings. The van der Waals surface area contributed by atoms with E-state index < -0.39 is 151 Å². The highest BCUT2D eigenvalue weighted by molar-refractivity contribution is 5.86. The van der Waals surface area contributed by atoms with Crippen molar-refractivity contribution in [2.45, 2.75) is 184 Å².